The van der Waals surface area contributed by atoms with Gasteiger partial charge < -0.3 is 20.3 Å². The Hall–Kier alpha value is -1.77. The zero-order chi connectivity index (χ0) is 15.7. The van der Waals surface area contributed by atoms with Crippen molar-refractivity contribution in [2.24, 2.45) is 5.92 Å². The van der Waals surface area contributed by atoms with Crippen LogP contribution in [0.5, 0.6) is 0 Å². The summed E-state index contributed by atoms with van der Waals surface area (Å²) < 4.78 is 13.4. The molecule has 1 saturated carbocycles. The van der Waals surface area contributed by atoms with Gasteiger partial charge in [-0.05, 0) is 13.8 Å². The van der Waals surface area contributed by atoms with E-state index in [1.807, 2.05) is 13.8 Å². The van der Waals surface area contributed by atoms with Crippen LogP contribution in [-0.4, -0.2) is 50.5 Å². The third kappa shape index (κ3) is 2.15. The number of nitrogens with zero attached hydrogens (tertiary/aromatic N) is 4. The quantitative estimate of drug-likeness (QED) is 0.757. The zero-order valence-corrected chi connectivity index (χ0v) is 12.8. The van der Waals surface area contributed by atoms with E-state index in [0.29, 0.717) is 36.5 Å². The first-order valence-electron chi connectivity index (χ1n) is 7.49. The van der Waals surface area contributed by atoms with Crippen LogP contribution >= 0.6 is 0 Å². The van der Waals surface area contributed by atoms with Crippen molar-refractivity contribution >= 4 is 16.9 Å². The maximum absolute atomic E-state index is 9.81. The summed E-state index contributed by atoms with van der Waals surface area (Å²) in [5, 5.41) is 14.9. The number of aliphatic hydroxyl groups is 1. The molecule has 2 aromatic rings. The fourth-order valence-corrected chi connectivity index (χ4v) is 3.22. The molecule has 8 nitrogen and oxygen atoms in total. The van der Waals surface area contributed by atoms with Crippen molar-refractivity contribution in [3.8, 4) is 0 Å². The number of anilines is 1. The molecule has 0 radical (unpaired) electrons. The van der Waals surface area contributed by atoms with Gasteiger partial charge in [0.2, 0.25) is 0 Å². The monoisotopic (exact) mass is 307 g/mol. The first-order valence-corrected chi connectivity index (χ1v) is 7.49. The molecular weight excluding hydrogens is 286 g/mol. The van der Waals surface area contributed by atoms with E-state index in [-0.39, 0.29) is 18.6 Å². The van der Waals surface area contributed by atoms with Crippen LogP contribution in [0.15, 0.2) is 12.5 Å². The van der Waals surface area contributed by atoms with Crippen molar-refractivity contribution in [2.75, 3.05) is 25.6 Å². The van der Waals surface area contributed by atoms with Crippen LogP contribution < -0.4 is 5.73 Å². The summed E-state index contributed by atoms with van der Waals surface area (Å²) in [5.41, 5.74) is 6.51. The minimum absolute atomic E-state index is 0.0464. The summed E-state index contributed by atoms with van der Waals surface area (Å²) in [5.74, 6) is -0.552. The second kappa shape index (κ2) is 5.79. The molecule has 1 aliphatic carbocycles. The minimum Gasteiger partial charge on any atom is -0.396 e. The molecule has 0 aromatic carbocycles. The van der Waals surface area contributed by atoms with Gasteiger partial charge in [-0.1, -0.05) is 0 Å². The molecule has 2 unspecified atom stereocenters. The zero-order valence-electron chi connectivity index (χ0n) is 12.8. The van der Waals surface area contributed by atoms with Crippen molar-refractivity contribution in [3.05, 3.63) is 12.5 Å². The van der Waals surface area contributed by atoms with Gasteiger partial charge in [0.25, 0.3) is 0 Å². The third-order valence-electron chi connectivity index (χ3n) is 4.23. The minimum atomic E-state index is -0.750. The van der Waals surface area contributed by atoms with E-state index in [1.54, 1.807) is 10.9 Å². The largest absolute Gasteiger partial charge is 0.396 e. The summed E-state index contributed by atoms with van der Waals surface area (Å²) in [4.78, 5) is 8.22. The van der Waals surface area contributed by atoms with Gasteiger partial charge in [0, 0.05) is 19.6 Å². The Morgan fingerprint density at radius 3 is 2.73 bits per heavy atom. The van der Waals surface area contributed by atoms with Gasteiger partial charge in [0.05, 0.1) is 30.1 Å². The molecule has 3 rings (SSSR count). The molecule has 0 aliphatic heterocycles. The number of nitrogen functional groups attached to an aromatic ring is 1. The van der Waals surface area contributed by atoms with Gasteiger partial charge in [0.15, 0.2) is 11.4 Å². The van der Waals surface area contributed by atoms with Crippen molar-refractivity contribution in [3.63, 3.8) is 0 Å². The molecule has 0 bridgehead atoms. The van der Waals surface area contributed by atoms with Crippen molar-refractivity contribution in [1.82, 2.24) is 19.7 Å². The van der Waals surface area contributed by atoms with E-state index in [1.165, 1.54) is 6.33 Å². The van der Waals surface area contributed by atoms with Crippen LogP contribution in [0.4, 0.5) is 5.82 Å². The SMILES string of the molecule is CCOC1(OCC)CC(n2ncc3c(N)ncnc32)C1CO. The average molecular weight is 307 g/mol. The van der Waals surface area contributed by atoms with E-state index < -0.39 is 5.79 Å². The lowest BCUT2D eigenvalue weighted by molar-refractivity contribution is -0.330. The van der Waals surface area contributed by atoms with Crippen molar-refractivity contribution in [1.29, 1.82) is 0 Å². The number of rotatable bonds is 6. The Bertz CT molecular complexity index is 653. The maximum Gasteiger partial charge on any atom is 0.177 e. The highest BCUT2D eigenvalue weighted by atomic mass is 16.7. The fourth-order valence-electron chi connectivity index (χ4n) is 3.22. The molecule has 0 saturated heterocycles. The highest BCUT2D eigenvalue weighted by molar-refractivity contribution is 5.84. The first kappa shape index (κ1) is 15.1. The van der Waals surface area contributed by atoms with Crippen LogP contribution in [0, 0.1) is 5.92 Å². The summed E-state index contributed by atoms with van der Waals surface area (Å²) in [6.07, 6.45) is 3.68. The van der Waals surface area contributed by atoms with E-state index in [9.17, 15) is 5.11 Å². The first-order chi connectivity index (χ1) is 10.7. The Labute approximate surface area is 128 Å². The van der Waals surface area contributed by atoms with Crippen LogP contribution in [0.3, 0.4) is 0 Å². The van der Waals surface area contributed by atoms with Crippen LogP contribution in [0.2, 0.25) is 0 Å². The molecule has 0 amide bonds. The maximum atomic E-state index is 9.81. The molecule has 1 aliphatic rings. The van der Waals surface area contributed by atoms with Gasteiger partial charge in [0.1, 0.15) is 12.1 Å². The topological polar surface area (TPSA) is 108 Å². The predicted octanol–water partition coefficient (Wildman–Crippen LogP) is 0.731. The molecule has 2 atom stereocenters. The van der Waals surface area contributed by atoms with Crippen molar-refractivity contribution < 1.29 is 14.6 Å². The number of hydrogen-bond donors (Lipinski definition) is 2. The molecular formula is C14H21N5O3. The Kier molecular flexibility index (Phi) is 3.98. The molecule has 8 heteroatoms. The van der Waals surface area contributed by atoms with Gasteiger partial charge in [-0.3, -0.25) is 0 Å². The van der Waals surface area contributed by atoms with E-state index in [4.69, 9.17) is 15.2 Å². The molecule has 0 spiro atoms. The molecule has 2 heterocycles. The summed E-state index contributed by atoms with van der Waals surface area (Å²) in [6.45, 7) is 4.84. The number of aromatic nitrogens is 4. The molecule has 1 fully saturated rings. The van der Waals surface area contributed by atoms with Crippen LogP contribution in [0.1, 0.15) is 26.3 Å². The van der Waals surface area contributed by atoms with Crippen LogP contribution in [0.25, 0.3) is 11.0 Å². The van der Waals surface area contributed by atoms with Gasteiger partial charge >= 0.3 is 0 Å². The Morgan fingerprint density at radius 2 is 2.09 bits per heavy atom. The highest BCUT2D eigenvalue weighted by Gasteiger charge is 2.57. The second-order valence-electron chi connectivity index (χ2n) is 5.32. The van der Waals surface area contributed by atoms with Crippen molar-refractivity contribution in [2.45, 2.75) is 32.1 Å². The molecule has 3 N–H and O–H groups in total. The molecule has 120 valence electrons. The van der Waals surface area contributed by atoms with Gasteiger partial charge in [-0.2, -0.15) is 5.10 Å². The lowest BCUT2D eigenvalue weighted by atomic mass is 9.73. The highest BCUT2D eigenvalue weighted by Crippen LogP contribution is 2.50. The number of aliphatic hydroxyl groups excluding tert-OH is 1. The smallest absolute Gasteiger partial charge is 0.177 e. The Balaban J connectivity index is 1.94. The number of nitrogens with two attached hydrogens (primary N) is 1. The molecule has 2 aromatic heterocycles. The van der Waals surface area contributed by atoms with Gasteiger partial charge in [-0.25, -0.2) is 14.6 Å². The van der Waals surface area contributed by atoms with Gasteiger partial charge in [-0.15, -0.1) is 0 Å². The summed E-state index contributed by atoms with van der Waals surface area (Å²) >= 11 is 0. The van der Waals surface area contributed by atoms with E-state index in [2.05, 4.69) is 15.1 Å². The number of ether oxygens (including phenoxy) is 2. The Morgan fingerprint density at radius 1 is 1.36 bits per heavy atom. The fraction of sp³-hybridized carbons (Fsp3) is 0.643. The third-order valence-corrected chi connectivity index (χ3v) is 4.23. The lowest BCUT2D eigenvalue weighted by Crippen LogP contribution is -2.59. The number of hydrogen-bond acceptors (Lipinski definition) is 7. The summed E-state index contributed by atoms with van der Waals surface area (Å²) in [7, 11) is 0. The van der Waals surface area contributed by atoms with E-state index >= 15 is 0 Å². The van der Waals surface area contributed by atoms with Crippen LogP contribution in [-0.2, 0) is 9.47 Å². The standard InChI is InChI=1S/C14H21N5O3/c1-3-21-14(22-4-2)5-11(10(14)7-20)19-13-9(6-18-19)12(15)16-8-17-13/h6,8,10-11,20H,3-5,7H2,1-2H3,(H2,15,16,17). The lowest BCUT2D eigenvalue weighted by Gasteiger charge is -2.52. The second-order valence-corrected chi connectivity index (χ2v) is 5.32. The number of fused-ring (bicyclic) bond motifs is 1. The average Bonchev–Trinajstić information content (AvgIpc) is 2.90. The summed E-state index contributed by atoms with van der Waals surface area (Å²) in [6, 6.07) is -0.0464. The molecule has 22 heavy (non-hydrogen) atoms. The van der Waals surface area contributed by atoms with E-state index in [0.717, 1.165) is 0 Å². The normalized spacial score (nSPS) is 23.6. The predicted molar refractivity (Wildman–Crippen MR) is 79.9 cm³/mol.